The molecule has 0 spiro atoms. The summed E-state index contributed by atoms with van der Waals surface area (Å²) in [6, 6.07) is 21.9. The number of benzene rings is 3. The molecular formula is C25H22ClN3O4. The van der Waals surface area contributed by atoms with Crippen molar-refractivity contribution in [3.05, 3.63) is 83.4 Å². The summed E-state index contributed by atoms with van der Waals surface area (Å²) < 4.78 is 12.8. The van der Waals surface area contributed by atoms with Gasteiger partial charge < -0.3 is 19.1 Å². The highest BCUT2D eigenvalue weighted by atomic mass is 35.5. The number of carbonyl (C=O) groups excluding carboxylic acids is 1. The standard InChI is InChI=1S/C25H22ClN3O4/c1-17-10-12-18(13-11-17)33-16-23(30)27-28-24-19-6-2-4-8-21(19)29(25(24)31)14-15-32-22-9-5-3-7-20(22)26/h2-13,31H,14-16H2,1H3. The molecule has 0 aliphatic carbocycles. The maximum Gasteiger partial charge on any atom is 0.302 e. The van der Waals surface area contributed by atoms with E-state index in [1.54, 1.807) is 28.8 Å². The molecule has 1 N–H and O–H groups in total. The number of fused-ring (bicyclic) bond motifs is 1. The summed E-state index contributed by atoms with van der Waals surface area (Å²) in [5.74, 6) is 0.472. The second kappa shape index (κ2) is 10.2. The number of para-hydroxylation sites is 2. The number of nitrogens with zero attached hydrogens (tertiary/aromatic N) is 3. The fraction of sp³-hybridized carbons (Fsp3) is 0.160. The summed E-state index contributed by atoms with van der Waals surface area (Å²) in [5.41, 5.74) is 2.06. The van der Waals surface area contributed by atoms with Crippen molar-refractivity contribution < 1.29 is 19.4 Å². The van der Waals surface area contributed by atoms with E-state index in [9.17, 15) is 9.90 Å². The molecule has 168 valence electrons. The molecule has 0 saturated heterocycles. The highest BCUT2D eigenvalue weighted by molar-refractivity contribution is 6.32. The van der Waals surface area contributed by atoms with Gasteiger partial charge in [0, 0.05) is 5.39 Å². The van der Waals surface area contributed by atoms with Crippen LogP contribution in [-0.2, 0) is 11.3 Å². The number of carbonyl (C=O) groups is 1. The van der Waals surface area contributed by atoms with Crippen LogP contribution in [0.1, 0.15) is 5.56 Å². The molecule has 1 heterocycles. The maximum atomic E-state index is 12.2. The Morgan fingerprint density at radius 1 is 1.00 bits per heavy atom. The molecule has 7 nitrogen and oxygen atoms in total. The van der Waals surface area contributed by atoms with Gasteiger partial charge in [-0.05, 0) is 37.3 Å². The van der Waals surface area contributed by atoms with Crippen molar-refractivity contribution in [2.24, 2.45) is 10.2 Å². The lowest BCUT2D eigenvalue weighted by atomic mass is 10.2. The molecule has 0 radical (unpaired) electrons. The highest BCUT2D eigenvalue weighted by Crippen LogP contribution is 2.38. The van der Waals surface area contributed by atoms with Gasteiger partial charge in [-0.1, -0.05) is 59.6 Å². The lowest BCUT2D eigenvalue weighted by Crippen LogP contribution is -2.08. The van der Waals surface area contributed by atoms with Crippen molar-refractivity contribution in [1.29, 1.82) is 0 Å². The molecule has 1 amide bonds. The fourth-order valence-electron chi connectivity index (χ4n) is 3.32. The second-order valence-corrected chi connectivity index (χ2v) is 7.72. The van der Waals surface area contributed by atoms with Crippen LogP contribution in [-0.4, -0.2) is 28.8 Å². The van der Waals surface area contributed by atoms with Gasteiger partial charge >= 0.3 is 5.91 Å². The Morgan fingerprint density at radius 2 is 1.73 bits per heavy atom. The number of aromatic nitrogens is 1. The van der Waals surface area contributed by atoms with Crippen molar-refractivity contribution in [2.75, 3.05) is 13.2 Å². The van der Waals surface area contributed by atoms with E-state index in [1.807, 2.05) is 55.5 Å². The Labute approximate surface area is 195 Å². The molecule has 4 rings (SSSR count). The van der Waals surface area contributed by atoms with Crippen molar-refractivity contribution in [3.63, 3.8) is 0 Å². The molecule has 0 unspecified atom stereocenters. The van der Waals surface area contributed by atoms with Gasteiger partial charge in [0.1, 0.15) is 18.1 Å². The fourth-order valence-corrected chi connectivity index (χ4v) is 3.51. The topological polar surface area (TPSA) is 85.4 Å². The third-order valence-corrected chi connectivity index (χ3v) is 5.28. The van der Waals surface area contributed by atoms with E-state index >= 15 is 0 Å². The minimum absolute atomic E-state index is 0.102. The van der Waals surface area contributed by atoms with Crippen LogP contribution in [0.3, 0.4) is 0 Å². The van der Waals surface area contributed by atoms with E-state index in [2.05, 4.69) is 10.2 Å². The quantitative estimate of drug-likeness (QED) is 0.321. The monoisotopic (exact) mass is 463 g/mol. The first-order chi connectivity index (χ1) is 16.0. The third-order valence-electron chi connectivity index (χ3n) is 4.97. The zero-order valence-corrected chi connectivity index (χ0v) is 18.7. The molecule has 0 atom stereocenters. The molecule has 0 saturated carbocycles. The van der Waals surface area contributed by atoms with Crippen LogP contribution >= 0.6 is 11.6 Å². The number of halogens is 1. The van der Waals surface area contributed by atoms with Gasteiger partial charge in [-0.3, -0.25) is 4.79 Å². The van der Waals surface area contributed by atoms with Gasteiger partial charge in [-0.15, -0.1) is 10.2 Å². The molecule has 3 aromatic carbocycles. The summed E-state index contributed by atoms with van der Waals surface area (Å²) in [4.78, 5) is 12.2. The van der Waals surface area contributed by atoms with E-state index in [1.165, 1.54) is 0 Å². The number of rotatable bonds is 8. The Kier molecular flexibility index (Phi) is 6.90. The van der Waals surface area contributed by atoms with Crippen molar-refractivity contribution in [3.8, 4) is 17.4 Å². The number of amides is 1. The normalized spacial score (nSPS) is 11.2. The van der Waals surface area contributed by atoms with Crippen molar-refractivity contribution in [2.45, 2.75) is 13.5 Å². The highest BCUT2D eigenvalue weighted by Gasteiger charge is 2.17. The van der Waals surface area contributed by atoms with E-state index in [-0.39, 0.29) is 24.8 Å². The summed E-state index contributed by atoms with van der Waals surface area (Å²) in [6.07, 6.45) is 0. The van der Waals surface area contributed by atoms with Gasteiger partial charge in [0.2, 0.25) is 5.88 Å². The van der Waals surface area contributed by atoms with E-state index in [4.69, 9.17) is 21.1 Å². The number of hydrogen-bond donors (Lipinski definition) is 1. The van der Waals surface area contributed by atoms with Crippen LogP contribution in [0, 0.1) is 6.92 Å². The van der Waals surface area contributed by atoms with Crippen LogP contribution < -0.4 is 9.47 Å². The van der Waals surface area contributed by atoms with Gasteiger partial charge in [0.15, 0.2) is 12.3 Å². The van der Waals surface area contributed by atoms with E-state index < -0.39 is 5.91 Å². The zero-order valence-electron chi connectivity index (χ0n) is 17.9. The number of aromatic hydroxyl groups is 1. The molecule has 0 bridgehead atoms. The molecule has 0 fully saturated rings. The van der Waals surface area contributed by atoms with E-state index in [0.29, 0.717) is 28.5 Å². The number of hydrogen-bond acceptors (Lipinski definition) is 5. The SMILES string of the molecule is Cc1ccc(OCC(=O)N=Nc2c(O)n(CCOc3ccccc3Cl)c3ccccc23)cc1. The Hall–Kier alpha value is -3.84. The molecule has 33 heavy (non-hydrogen) atoms. The molecule has 8 heteroatoms. The largest absolute Gasteiger partial charge is 0.493 e. The first-order valence-electron chi connectivity index (χ1n) is 10.3. The van der Waals surface area contributed by atoms with Crippen LogP contribution in [0.4, 0.5) is 5.69 Å². The van der Waals surface area contributed by atoms with Gasteiger partial charge in [-0.2, -0.15) is 0 Å². The van der Waals surface area contributed by atoms with Crippen LogP contribution in [0.25, 0.3) is 10.9 Å². The lowest BCUT2D eigenvalue weighted by Gasteiger charge is -2.10. The second-order valence-electron chi connectivity index (χ2n) is 7.32. The van der Waals surface area contributed by atoms with Crippen molar-refractivity contribution >= 4 is 34.1 Å². The zero-order chi connectivity index (χ0) is 23.2. The van der Waals surface area contributed by atoms with Gasteiger partial charge in [0.05, 0.1) is 17.1 Å². The Balaban J connectivity index is 1.47. The molecule has 0 aliphatic rings. The number of azo groups is 1. The predicted octanol–water partition coefficient (Wildman–Crippen LogP) is 6.08. The number of ether oxygens (including phenoxy) is 2. The first-order valence-corrected chi connectivity index (χ1v) is 10.7. The van der Waals surface area contributed by atoms with Gasteiger partial charge in [0.25, 0.3) is 0 Å². The maximum absolute atomic E-state index is 12.2. The average molecular weight is 464 g/mol. The smallest absolute Gasteiger partial charge is 0.302 e. The van der Waals surface area contributed by atoms with E-state index in [0.717, 1.165) is 11.1 Å². The minimum atomic E-state index is -0.561. The predicted molar refractivity (Wildman–Crippen MR) is 127 cm³/mol. The lowest BCUT2D eigenvalue weighted by molar-refractivity contribution is -0.120. The Morgan fingerprint density at radius 3 is 2.52 bits per heavy atom. The van der Waals surface area contributed by atoms with Gasteiger partial charge in [-0.25, -0.2) is 0 Å². The summed E-state index contributed by atoms with van der Waals surface area (Å²) >= 11 is 6.13. The third kappa shape index (κ3) is 5.32. The molecular weight excluding hydrogens is 442 g/mol. The Bertz CT molecular complexity index is 1300. The number of aryl methyl sites for hydroxylation is 1. The minimum Gasteiger partial charge on any atom is -0.493 e. The van der Waals surface area contributed by atoms with Crippen molar-refractivity contribution in [1.82, 2.24) is 4.57 Å². The van der Waals surface area contributed by atoms with Crippen LogP contribution in [0.15, 0.2) is 83.0 Å². The molecule has 1 aromatic heterocycles. The average Bonchev–Trinajstić information content (AvgIpc) is 3.09. The summed E-state index contributed by atoms with van der Waals surface area (Å²) in [7, 11) is 0. The summed E-state index contributed by atoms with van der Waals surface area (Å²) in [5, 5.41) is 19.7. The first kappa shape index (κ1) is 22.4. The van der Waals surface area contributed by atoms with Crippen LogP contribution in [0.5, 0.6) is 17.4 Å². The molecule has 4 aromatic rings. The van der Waals surface area contributed by atoms with Crippen LogP contribution in [0.2, 0.25) is 5.02 Å². The molecule has 0 aliphatic heterocycles. The summed E-state index contributed by atoms with van der Waals surface area (Å²) in [6.45, 7) is 2.33.